The number of methoxy groups -OCH3 is 2. The van der Waals surface area contributed by atoms with E-state index in [4.69, 9.17) is 25.6 Å². The molecule has 0 unspecified atom stereocenters. The molecule has 0 aliphatic heterocycles. The van der Waals surface area contributed by atoms with Crippen molar-refractivity contribution < 1.29 is 14.0 Å². The monoisotopic (exact) mass is 345 g/mol. The number of nitrogens with one attached hydrogen (secondary N) is 1. The first-order chi connectivity index (χ1) is 11.7. The summed E-state index contributed by atoms with van der Waals surface area (Å²) < 4.78 is 15.7. The van der Waals surface area contributed by atoms with Gasteiger partial charge in [0, 0.05) is 17.1 Å². The Hall–Kier alpha value is -2.73. The van der Waals surface area contributed by atoms with Gasteiger partial charge in [0.15, 0.2) is 11.5 Å². The van der Waals surface area contributed by atoms with Gasteiger partial charge >= 0.3 is 6.01 Å². The number of anilines is 1. The van der Waals surface area contributed by atoms with Crippen molar-refractivity contribution in [2.45, 2.75) is 6.54 Å². The van der Waals surface area contributed by atoms with Crippen molar-refractivity contribution in [3.8, 4) is 22.9 Å². The lowest BCUT2D eigenvalue weighted by molar-refractivity contribution is 0.354. The van der Waals surface area contributed by atoms with Gasteiger partial charge in [0.25, 0.3) is 0 Å². The first-order valence-corrected chi connectivity index (χ1v) is 7.62. The molecule has 6 nitrogen and oxygen atoms in total. The van der Waals surface area contributed by atoms with Crippen molar-refractivity contribution in [2.75, 3.05) is 19.5 Å². The number of nitrogens with zero attached hydrogens (tertiary/aromatic N) is 2. The topological polar surface area (TPSA) is 69.4 Å². The lowest BCUT2D eigenvalue weighted by atomic mass is 10.2. The van der Waals surface area contributed by atoms with Crippen molar-refractivity contribution in [2.24, 2.45) is 0 Å². The molecule has 1 heterocycles. The third-order valence-electron chi connectivity index (χ3n) is 3.40. The highest BCUT2D eigenvalue weighted by molar-refractivity contribution is 6.30. The Morgan fingerprint density at radius 3 is 2.67 bits per heavy atom. The van der Waals surface area contributed by atoms with E-state index in [0.29, 0.717) is 34.9 Å². The Bertz CT molecular complexity index is 835. The molecule has 0 fully saturated rings. The number of hydrogen-bond donors (Lipinski definition) is 1. The van der Waals surface area contributed by atoms with E-state index in [2.05, 4.69) is 15.5 Å². The van der Waals surface area contributed by atoms with E-state index in [9.17, 15) is 0 Å². The van der Waals surface area contributed by atoms with Crippen LogP contribution in [0.15, 0.2) is 47.0 Å². The van der Waals surface area contributed by atoms with Crippen LogP contribution in [0.4, 0.5) is 6.01 Å². The van der Waals surface area contributed by atoms with Gasteiger partial charge in [0.2, 0.25) is 5.82 Å². The molecule has 0 saturated heterocycles. The van der Waals surface area contributed by atoms with Crippen molar-refractivity contribution in [3.05, 3.63) is 53.1 Å². The second-order valence-corrected chi connectivity index (χ2v) is 5.41. The maximum absolute atomic E-state index is 5.97. The van der Waals surface area contributed by atoms with Gasteiger partial charge in [-0.1, -0.05) is 35.0 Å². The predicted octanol–water partition coefficient (Wildman–Crippen LogP) is 4.02. The van der Waals surface area contributed by atoms with Gasteiger partial charge in [0.1, 0.15) is 0 Å². The molecule has 0 spiro atoms. The Kier molecular flexibility index (Phi) is 4.86. The van der Waals surface area contributed by atoms with Gasteiger partial charge in [0.05, 0.1) is 14.2 Å². The van der Waals surface area contributed by atoms with Crippen LogP contribution in [0.5, 0.6) is 11.5 Å². The first-order valence-electron chi connectivity index (χ1n) is 7.24. The molecular formula is C17H16ClN3O3. The summed E-state index contributed by atoms with van der Waals surface area (Å²) in [6.07, 6.45) is 0. The molecular weight excluding hydrogens is 330 g/mol. The molecule has 0 atom stereocenters. The van der Waals surface area contributed by atoms with E-state index in [1.54, 1.807) is 26.4 Å². The SMILES string of the molecule is COc1ccc(CNc2nc(-c3cccc(Cl)c3)no2)cc1OC. The summed E-state index contributed by atoms with van der Waals surface area (Å²) in [6.45, 7) is 0.511. The Morgan fingerprint density at radius 2 is 1.92 bits per heavy atom. The van der Waals surface area contributed by atoms with Crippen LogP contribution in [0.1, 0.15) is 5.56 Å². The van der Waals surface area contributed by atoms with Gasteiger partial charge in [-0.05, 0) is 29.8 Å². The summed E-state index contributed by atoms with van der Waals surface area (Å²) >= 11 is 5.97. The molecule has 0 bridgehead atoms. The Morgan fingerprint density at radius 1 is 1.08 bits per heavy atom. The lowest BCUT2D eigenvalue weighted by Crippen LogP contribution is -2.00. The summed E-state index contributed by atoms with van der Waals surface area (Å²) in [5, 5.41) is 7.66. The second kappa shape index (κ2) is 7.23. The summed E-state index contributed by atoms with van der Waals surface area (Å²) in [6, 6.07) is 13.3. The van der Waals surface area contributed by atoms with Gasteiger partial charge in [-0.25, -0.2) is 0 Å². The van der Waals surface area contributed by atoms with Gasteiger partial charge in [-0.2, -0.15) is 4.98 Å². The zero-order valence-electron chi connectivity index (χ0n) is 13.2. The molecule has 24 heavy (non-hydrogen) atoms. The molecule has 0 radical (unpaired) electrons. The number of hydrogen-bond acceptors (Lipinski definition) is 6. The zero-order valence-corrected chi connectivity index (χ0v) is 14.0. The molecule has 1 aromatic heterocycles. The zero-order chi connectivity index (χ0) is 16.9. The fourth-order valence-electron chi connectivity index (χ4n) is 2.21. The highest BCUT2D eigenvalue weighted by atomic mass is 35.5. The normalized spacial score (nSPS) is 10.5. The van der Waals surface area contributed by atoms with Crippen molar-refractivity contribution in [1.82, 2.24) is 10.1 Å². The molecule has 0 saturated carbocycles. The Labute approximate surface area is 144 Å². The fraction of sp³-hybridized carbons (Fsp3) is 0.176. The molecule has 2 aromatic carbocycles. The molecule has 0 aliphatic rings. The standard InChI is InChI=1S/C17H16ClN3O3/c1-22-14-7-6-11(8-15(14)23-2)10-19-17-20-16(21-24-17)12-4-3-5-13(18)9-12/h3-9H,10H2,1-2H3,(H,19,20,21). The average molecular weight is 346 g/mol. The van der Waals surface area contributed by atoms with Crippen LogP contribution in [0.25, 0.3) is 11.4 Å². The van der Waals surface area contributed by atoms with Gasteiger partial charge in [-0.3, -0.25) is 0 Å². The molecule has 3 rings (SSSR count). The summed E-state index contributed by atoms with van der Waals surface area (Å²) in [5.74, 6) is 1.83. The first kappa shape index (κ1) is 16.1. The van der Waals surface area contributed by atoms with E-state index in [1.165, 1.54) is 0 Å². The van der Waals surface area contributed by atoms with Crippen molar-refractivity contribution in [1.29, 1.82) is 0 Å². The van der Waals surface area contributed by atoms with Crippen LogP contribution >= 0.6 is 11.6 Å². The quantitative estimate of drug-likeness (QED) is 0.727. The molecule has 7 heteroatoms. The number of rotatable bonds is 6. The van der Waals surface area contributed by atoms with Crippen LogP contribution in [0, 0.1) is 0 Å². The van der Waals surface area contributed by atoms with Crippen LogP contribution < -0.4 is 14.8 Å². The minimum atomic E-state index is 0.333. The molecule has 3 aromatic rings. The lowest BCUT2D eigenvalue weighted by Gasteiger charge is -2.09. The van der Waals surface area contributed by atoms with E-state index in [1.807, 2.05) is 30.3 Å². The molecule has 124 valence electrons. The number of halogens is 1. The third-order valence-corrected chi connectivity index (χ3v) is 3.64. The summed E-state index contributed by atoms with van der Waals surface area (Å²) in [5.41, 5.74) is 1.79. The largest absolute Gasteiger partial charge is 0.493 e. The minimum Gasteiger partial charge on any atom is -0.493 e. The van der Waals surface area contributed by atoms with E-state index in [0.717, 1.165) is 11.1 Å². The van der Waals surface area contributed by atoms with Crippen molar-refractivity contribution >= 4 is 17.6 Å². The second-order valence-electron chi connectivity index (χ2n) is 4.98. The fourth-order valence-corrected chi connectivity index (χ4v) is 2.40. The van der Waals surface area contributed by atoms with E-state index in [-0.39, 0.29) is 0 Å². The molecule has 0 amide bonds. The van der Waals surface area contributed by atoms with E-state index < -0.39 is 0 Å². The van der Waals surface area contributed by atoms with Gasteiger partial charge < -0.3 is 19.3 Å². The van der Waals surface area contributed by atoms with Crippen LogP contribution in [-0.2, 0) is 6.54 Å². The highest BCUT2D eigenvalue weighted by Gasteiger charge is 2.09. The van der Waals surface area contributed by atoms with Crippen LogP contribution in [0.2, 0.25) is 5.02 Å². The molecule has 0 aliphatic carbocycles. The minimum absolute atomic E-state index is 0.333. The van der Waals surface area contributed by atoms with Gasteiger partial charge in [-0.15, -0.1) is 0 Å². The van der Waals surface area contributed by atoms with Crippen molar-refractivity contribution in [3.63, 3.8) is 0 Å². The number of benzene rings is 2. The van der Waals surface area contributed by atoms with E-state index >= 15 is 0 Å². The maximum Gasteiger partial charge on any atom is 0.322 e. The number of ether oxygens (including phenoxy) is 2. The molecule has 1 N–H and O–H groups in total. The maximum atomic E-state index is 5.97. The Balaban J connectivity index is 1.69. The third kappa shape index (κ3) is 3.60. The highest BCUT2D eigenvalue weighted by Crippen LogP contribution is 2.28. The summed E-state index contributed by atoms with van der Waals surface area (Å²) in [7, 11) is 3.20. The number of aromatic nitrogens is 2. The smallest absolute Gasteiger partial charge is 0.322 e. The predicted molar refractivity (Wildman–Crippen MR) is 91.6 cm³/mol. The average Bonchev–Trinajstić information content (AvgIpc) is 3.08. The van der Waals surface area contributed by atoms with Crippen LogP contribution in [-0.4, -0.2) is 24.4 Å². The summed E-state index contributed by atoms with van der Waals surface area (Å²) in [4.78, 5) is 4.31. The van der Waals surface area contributed by atoms with Crippen LogP contribution in [0.3, 0.4) is 0 Å².